The lowest BCUT2D eigenvalue weighted by molar-refractivity contribution is -0.115. The number of esters is 1. The van der Waals surface area contributed by atoms with Crippen LogP contribution in [0.2, 0.25) is 0 Å². The van der Waals surface area contributed by atoms with Crippen molar-refractivity contribution >= 4 is 23.3 Å². The maximum atomic E-state index is 12.2. The summed E-state index contributed by atoms with van der Waals surface area (Å²) < 4.78 is 4.64. The maximum absolute atomic E-state index is 12.2. The molecule has 0 heterocycles. The molecule has 0 bridgehead atoms. The summed E-state index contributed by atoms with van der Waals surface area (Å²) in [6.07, 6.45) is 0. The molecule has 0 saturated heterocycles. The van der Waals surface area contributed by atoms with Gasteiger partial charge in [0.2, 0.25) is 5.91 Å². The van der Waals surface area contributed by atoms with Gasteiger partial charge in [0.05, 0.1) is 19.2 Å². The number of anilines is 2. The predicted octanol–water partition coefficient (Wildman–Crippen LogP) is 2.94. The molecule has 2 aromatic carbocycles. The lowest BCUT2D eigenvalue weighted by atomic mass is 10.2. The Hall–Kier alpha value is -2.82. The molecule has 5 heteroatoms. The van der Waals surface area contributed by atoms with Crippen molar-refractivity contribution in [2.45, 2.75) is 6.92 Å². The van der Waals surface area contributed by atoms with Gasteiger partial charge in [0, 0.05) is 17.9 Å². The molecule has 0 aliphatic rings. The van der Waals surface area contributed by atoms with Gasteiger partial charge in [-0.3, -0.25) is 4.79 Å². The lowest BCUT2D eigenvalue weighted by Crippen LogP contribution is -2.33. The van der Waals surface area contributed by atoms with Crippen LogP contribution in [0.1, 0.15) is 17.3 Å². The van der Waals surface area contributed by atoms with Crippen LogP contribution in [0.3, 0.4) is 0 Å². The van der Waals surface area contributed by atoms with E-state index in [9.17, 15) is 9.59 Å². The van der Waals surface area contributed by atoms with Gasteiger partial charge >= 0.3 is 5.97 Å². The Kier molecular flexibility index (Phi) is 5.74. The molecule has 120 valence electrons. The molecule has 0 aliphatic carbocycles. The van der Waals surface area contributed by atoms with Crippen molar-refractivity contribution in [2.24, 2.45) is 0 Å². The molecule has 1 N–H and O–H groups in total. The lowest BCUT2D eigenvalue weighted by Gasteiger charge is -2.22. The summed E-state index contributed by atoms with van der Waals surface area (Å²) in [6, 6.07) is 16.4. The van der Waals surface area contributed by atoms with Crippen LogP contribution in [0.25, 0.3) is 0 Å². The number of carbonyl (C=O) groups is 2. The number of ether oxygens (including phenoxy) is 1. The van der Waals surface area contributed by atoms with E-state index in [-0.39, 0.29) is 12.5 Å². The normalized spacial score (nSPS) is 10.0. The van der Waals surface area contributed by atoms with Crippen LogP contribution in [-0.4, -0.2) is 32.1 Å². The van der Waals surface area contributed by atoms with E-state index in [0.717, 1.165) is 12.2 Å². The van der Waals surface area contributed by atoms with E-state index in [2.05, 4.69) is 10.1 Å². The number of nitrogens with one attached hydrogen (secondary N) is 1. The van der Waals surface area contributed by atoms with Crippen molar-refractivity contribution in [2.75, 3.05) is 30.4 Å². The highest BCUT2D eigenvalue weighted by atomic mass is 16.5. The van der Waals surface area contributed by atoms with Crippen LogP contribution in [0.4, 0.5) is 11.4 Å². The topological polar surface area (TPSA) is 58.6 Å². The van der Waals surface area contributed by atoms with Gasteiger partial charge in [-0.2, -0.15) is 0 Å². The minimum absolute atomic E-state index is 0.110. The van der Waals surface area contributed by atoms with Crippen molar-refractivity contribution in [3.63, 3.8) is 0 Å². The second-order valence-electron chi connectivity index (χ2n) is 4.97. The highest BCUT2D eigenvalue weighted by Crippen LogP contribution is 2.14. The number of nitrogens with zero attached hydrogens (tertiary/aromatic N) is 1. The SMILES string of the molecule is CCN(CC(=O)Nc1ccc(C(=O)OC)cc1)c1ccccc1. The van der Waals surface area contributed by atoms with Gasteiger partial charge in [-0.15, -0.1) is 0 Å². The van der Waals surface area contributed by atoms with Crippen molar-refractivity contribution < 1.29 is 14.3 Å². The molecule has 2 rings (SSSR count). The second kappa shape index (κ2) is 7.98. The van der Waals surface area contributed by atoms with E-state index >= 15 is 0 Å². The molecule has 0 saturated carbocycles. The van der Waals surface area contributed by atoms with Gasteiger partial charge in [-0.25, -0.2) is 4.79 Å². The maximum Gasteiger partial charge on any atom is 0.337 e. The number of hydrogen-bond donors (Lipinski definition) is 1. The number of likely N-dealkylation sites (N-methyl/N-ethyl adjacent to an activating group) is 1. The van der Waals surface area contributed by atoms with Crippen molar-refractivity contribution in [1.82, 2.24) is 0 Å². The molecule has 1 amide bonds. The van der Waals surface area contributed by atoms with Gasteiger partial charge < -0.3 is 15.0 Å². The van der Waals surface area contributed by atoms with Crippen molar-refractivity contribution in [3.8, 4) is 0 Å². The fourth-order valence-electron chi connectivity index (χ4n) is 2.21. The van der Waals surface area contributed by atoms with Crippen molar-refractivity contribution in [3.05, 3.63) is 60.2 Å². The number of carbonyl (C=O) groups excluding carboxylic acids is 2. The van der Waals surface area contributed by atoms with Crippen LogP contribution >= 0.6 is 0 Å². The minimum Gasteiger partial charge on any atom is -0.465 e. The molecule has 5 nitrogen and oxygen atoms in total. The molecule has 23 heavy (non-hydrogen) atoms. The third kappa shape index (κ3) is 4.57. The Morgan fingerprint density at radius 1 is 1.04 bits per heavy atom. The van der Waals surface area contributed by atoms with E-state index < -0.39 is 5.97 Å². The van der Waals surface area contributed by atoms with Gasteiger partial charge in [0.25, 0.3) is 0 Å². The van der Waals surface area contributed by atoms with E-state index in [1.54, 1.807) is 24.3 Å². The number of amides is 1. The van der Waals surface area contributed by atoms with Gasteiger partial charge in [-0.05, 0) is 43.3 Å². The molecule has 0 aliphatic heterocycles. The Morgan fingerprint density at radius 2 is 1.70 bits per heavy atom. The van der Waals surface area contributed by atoms with Crippen LogP contribution < -0.4 is 10.2 Å². The first-order valence-electron chi connectivity index (χ1n) is 7.42. The first kappa shape index (κ1) is 16.5. The van der Waals surface area contributed by atoms with E-state index in [1.165, 1.54) is 7.11 Å². The fraction of sp³-hybridized carbons (Fsp3) is 0.222. The minimum atomic E-state index is -0.399. The standard InChI is InChI=1S/C18H20N2O3/c1-3-20(16-7-5-4-6-8-16)13-17(21)19-15-11-9-14(10-12-15)18(22)23-2/h4-12H,3,13H2,1-2H3,(H,19,21). The monoisotopic (exact) mass is 312 g/mol. The summed E-state index contributed by atoms with van der Waals surface area (Å²) >= 11 is 0. The Morgan fingerprint density at radius 3 is 2.26 bits per heavy atom. The summed E-state index contributed by atoms with van der Waals surface area (Å²) in [4.78, 5) is 25.5. The number of benzene rings is 2. The van der Waals surface area contributed by atoms with Gasteiger partial charge in [0.15, 0.2) is 0 Å². The molecule has 0 aromatic heterocycles. The average Bonchev–Trinajstić information content (AvgIpc) is 2.60. The van der Waals surface area contributed by atoms with E-state index in [0.29, 0.717) is 11.3 Å². The molecule has 0 atom stereocenters. The molecule has 0 radical (unpaired) electrons. The predicted molar refractivity (Wildman–Crippen MR) is 90.7 cm³/mol. The number of para-hydroxylation sites is 1. The number of rotatable bonds is 6. The zero-order valence-electron chi connectivity index (χ0n) is 13.3. The van der Waals surface area contributed by atoms with Crippen LogP contribution in [-0.2, 0) is 9.53 Å². The largest absolute Gasteiger partial charge is 0.465 e. The Bertz CT molecular complexity index is 654. The average molecular weight is 312 g/mol. The molecule has 2 aromatic rings. The van der Waals surface area contributed by atoms with Crippen LogP contribution in [0, 0.1) is 0 Å². The smallest absolute Gasteiger partial charge is 0.337 e. The van der Waals surface area contributed by atoms with E-state index in [1.807, 2.05) is 42.2 Å². The third-order valence-corrected chi connectivity index (χ3v) is 3.43. The summed E-state index contributed by atoms with van der Waals surface area (Å²) in [5.74, 6) is -0.509. The quantitative estimate of drug-likeness (QED) is 0.833. The Balaban J connectivity index is 1.97. The zero-order chi connectivity index (χ0) is 16.7. The summed E-state index contributed by atoms with van der Waals surface area (Å²) in [5.41, 5.74) is 2.10. The Labute approximate surface area is 135 Å². The fourth-order valence-corrected chi connectivity index (χ4v) is 2.21. The first-order valence-corrected chi connectivity index (χ1v) is 7.42. The summed E-state index contributed by atoms with van der Waals surface area (Å²) in [6.45, 7) is 3.00. The van der Waals surface area contributed by atoms with Gasteiger partial charge in [0.1, 0.15) is 0 Å². The zero-order valence-corrected chi connectivity index (χ0v) is 13.3. The number of methoxy groups -OCH3 is 1. The van der Waals surface area contributed by atoms with Crippen LogP contribution in [0.15, 0.2) is 54.6 Å². The molecule has 0 fully saturated rings. The molecule has 0 unspecified atom stereocenters. The molecule has 0 spiro atoms. The summed E-state index contributed by atoms with van der Waals surface area (Å²) in [5, 5.41) is 2.83. The molecular weight excluding hydrogens is 292 g/mol. The van der Waals surface area contributed by atoms with Gasteiger partial charge in [-0.1, -0.05) is 18.2 Å². The van der Waals surface area contributed by atoms with Crippen molar-refractivity contribution in [1.29, 1.82) is 0 Å². The highest BCUT2D eigenvalue weighted by molar-refractivity contribution is 5.95. The van der Waals surface area contributed by atoms with E-state index in [4.69, 9.17) is 0 Å². The highest BCUT2D eigenvalue weighted by Gasteiger charge is 2.10. The first-order chi connectivity index (χ1) is 11.1. The third-order valence-electron chi connectivity index (χ3n) is 3.43. The number of hydrogen-bond acceptors (Lipinski definition) is 4. The summed E-state index contributed by atoms with van der Waals surface area (Å²) in [7, 11) is 1.33. The second-order valence-corrected chi connectivity index (χ2v) is 4.97. The van der Waals surface area contributed by atoms with Crippen LogP contribution in [0.5, 0.6) is 0 Å². The molecular formula is C18H20N2O3.